The topological polar surface area (TPSA) is 199 Å². The Morgan fingerprint density at radius 1 is 0.737 bits per heavy atom. The van der Waals surface area contributed by atoms with E-state index < -0.39 is 82.0 Å². The van der Waals surface area contributed by atoms with E-state index in [2.05, 4.69) is 40.0 Å². The van der Waals surface area contributed by atoms with E-state index in [-0.39, 0.29) is 56.2 Å². The van der Waals surface area contributed by atoms with Crippen LogP contribution >= 0.6 is 11.6 Å². The van der Waals surface area contributed by atoms with Crippen LogP contribution in [0.1, 0.15) is 126 Å². The van der Waals surface area contributed by atoms with Gasteiger partial charge in [-0.2, -0.15) is 0 Å². The predicted octanol–water partition coefficient (Wildman–Crippen LogP) is 9.55. The first kappa shape index (κ1) is 62.7. The van der Waals surface area contributed by atoms with Crippen LogP contribution < -0.4 is 22.3 Å². The van der Waals surface area contributed by atoms with Crippen LogP contribution in [0.25, 0.3) is 5.69 Å². The summed E-state index contributed by atoms with van der Waals surface area (Å²) >= 11 is 5.50. The molecular formula is C53H70BClF6N6O9. The Morgan fingerprint density at radius 3 is 1.66 bits per heavy atom. The van der Waals surface area contributed by atoms with Gasteiger partial charge in [-0.3, -0.25) is 24.5 Å². The summed E-state index contributed by atoms with van der Waals surface area (Å²) in [6, 6.07) is 10.8. The lowest BCUT2D eigenvalue weighted by atomic mass is 9.70. The first-order valence-corrected chi connectivity index (χ1v) is 24.8. The van der Waals surface area contributed by atoms with Crippen LogP contribution in [-0.2, 0) is 31.5 Å². The lowest BCUT2D eigenvalue weighted by Crippen LogP contribution is -2.38. The van der Waals surface area contributed by atoms with E-state index in [9.17, 15) is 50.3 Å². The largest absolute Gasteiger partial charge is 0.491 e. The second kappa shape index (κ2) is 23.0. The predicted molar refractivity (Wildman–Crippen MR) is 276 cm³/mol. The molecule has 4 bridgehead atoms. The third-order valence-corrected chi connectivity index (χ3v) is 15.4. The van der Waals surface area contributed by atoms with E-state index in [1.165, 1.54) is 49.1 Å². The summed E-state index contributed by atoms with van der Waals surface area (Å²) in [7, 11) is 2.60. The molecule has 0 radical (unpaired) electrons. The molecule has 4 aliphatic carbocycles. The molecule has 418 valence electrons. The zero-order chi connectivity index (χ0) is 58.2. The molecule has 15 nitrogen and oxygen atoms in total. The Balaban J connectivity index is 0.000000213. The maximum Gasteiger partial charge on any atom is 0.491 e. The molecule has 0 aliphatic heterocycles. The number of nitrogens with one attached hydrogen (secondary N) is 1. The normalized spacial score (nSPS) is 22.0. The zero-order valence-corrected chi connectivity index (χ0v) is 46.4. The van der Waals surface area contributed by atoms with E-state index >= 15 is 0 Å². The molecule has 5 N–H and O–H groups in total. The molecule has 8 rings (SSSR count). The molecule has 4 aliphatic rings. The second-order valence-corrected chi connectivity index (χ2v) is 23.2. The van der Waals surface area contributed by atoms with Crippen LogP contribution in [0.2, 0.25) is 0 Å². The fourth-order valence-corrected chi connectivity index (χ4v) is 10.8. The standard InChI is InChI=1S/C18H20F2N2O.C12H16F2N2O2.C11H15ClO2.C6H5BF2O2.C6H14N2O2/c1-17(2)10-8-9-18(17,3)15-13(10)16(23)22(21(15)4)12-7-5-6-11(19)14(12)20;1-12(2,3)18-11(17)16(4)15-9-7-5-6-8(13)10(9)14;1-10(2)6-4-5-11(10,3)8(13)7(6)9(12)14;8-5-3-1-2-4(6(5)9)7(10)11;1-6(2,3)10-5(9)8(4)7/h5-7,10H,8-9H2,1-4H3;5-7,15H,1-4H3;6-7H,4-5H2,1-3H3;1-3,10-11H;7H2,1-4H3/t10-,18+;;6-,7?,11+;;/m1.1../s1. The number of nitrogens with zero attached hydrogens (tertiary/aromatic N) is 4. The van der Waals surface area contributed by atoms with E-state index in [1.807, 2.05) is 6.92 Å². The average molecular weight is 1100 g/mol. The van der Waals surface area contributed by atoms with Gasteiger partial charge in [0.25, 0.3) is 5.56 Å². The summed E-state index contributed by atoms with van der Waals surface area (Å²) in [6.07, 6.45) is 2.64. The number of aromatic nitrogens is 2. The van der Waals surface area contributed by atoms with Crippen LogP contribution in [0.3, 0.4) is 0 Å². The number of hydrogen-bond acceptors (Lipinski definition) is 11. The Bertz CT molecular complexity index is 2890. The van der Waals surface area contributed by atoms with Gasteiger partial charge in [-0.05, 0) is 132 Å². The molecular weight excluding hydrogens is 1020 g/mol. The number of nitrogens with two attached hydrogens (primary N) is 1. The molecule has 5 atom stereocenters. The van der Waals surface area contributed by atoms with Crippen molar-refractivity contribution in [2.75, 3.05) is 19.5 Å². The van der Waals surface area contributed by atoms with Crippen molar-refractivity contribution in [2.24, 2.45) is 41.0 Å². The highest BCUT2D eigenvalue weighted by Crippen LogP contribution is 2.67. The zero-order valence-electron chi connectivity index (χ0n) is 45.6. The molecule has 1 heterocycles. The number of carbonyl (C=O) groups is 4. The van der Waals surface area contributed by atoms with Crippen molar-refractivity contribution in [1.82, 2.24) is 19.4 Å². The molecule has 4 aromatic rings. The Hall–Kier alpha value is -5.84. The van der Waals surface area contributed by atoms with Gasteiger partial charge >= 0.3 is 19.3 Å². The highest BCUT2D eigenvalue weighted by Gasteiger charge is 2.67. The molecule has 23 heteroatoms. The number of hydrogen-bond donors (Lipinski definition) is 4. The third-order valence-electron chi connectivity index (χ3n) is 15.2. The lowest BCUT2D eigenvalue weighted by molar-refractivity contribution is -0.135. The van der Waals surface area contributed by atoms with Crippen LogP contribution in [0.15, 0.2) is 59.4 Å². The van der Waals surface area contributed by atoms with Gasteiger partial charge < -0.3 is 19.5 Å². The molecule has 76 heavy (non-hydrogen) atoms. The summed E-state index contributed by atoms with van der Waals surface area (Å²) in [5.74, 6) is -1.29. The third kappa shape index (κ3) is 12.6. The second-order valence-electron chi connectivity index (χ2n) is 22.8. The molecule has 2 amide bonds. The Kier molecular flexibility index (Phi) is 19.0. The van der Waals surface area contributed by atoms with Crippen molar-refractivity contribution >= 4 is 53.1 Å². The number of ketones is 1. The van der Waals surface area contributed by atoms with E-state index in [0.29, 0.717) is 0 Å². The van der Waals surface area contributed by atoms with Gasteiger partial charge in [-0.1, -0.05) is 65.8 Å². The molecule has 0 spiro atoms. The molecule has 0 saturated heterocycles. The molecule has 3 fully saturated rings. The van der Waals surface area contributed by atoms with Crippen molar-refractivity contribution in [3.05, 3.63) is 111 Å². The molecule has 3 aromatic carbocycles. The van der Waals surface area contributed by atoms with Crippen LogP contribution in [0.5, 0.6) is 0 Å². The minimum Gasteiger partial charge on any atom is -0.443 e. The summed E-state index contributed by atoms with van der Waals surface area (Å²) < 4.78 is 91.9. The summed E-state index contributed by atoms with van der Waals surface area (Å²) in [5, 5.41) is 18.3. The minimum absolute atomic E-state index is 0.00809. The maximum absolute atomic E-state index is 14.2. The van der Waals surface area contributed by atoms with Gasteiger partial charge in [-0.15, -0.1) is 0 Å². The number of ether oxygens (including phenoxy) is 2. The maximum atomic E-state index is 14.2. The number of rotatable bonds is 5. The van der Waals surface area contributed by atoms with Gasteiger partial charge in [0.05, 0.1) is 17.3 Å². The van der Waals surface area contributed by atoms with Gasteiger partial charge in [0.2, 0.25) is 5.24 Å². The van der Waals surface area contributed by atoms with Crippen molar-refractivity contribution in [3.63, 3.8) is 0 Å². The number of carbonyl (C=O) groups excluding carboxylic acids is 4. The van der Waals surface area contributed by atoms with Gasteiger partial charge in [0, 0.05) is 43.0 Å². The highest BCUT2D eigenvalue weighted by atomic mass is 35.5. The monoisotopic (exact) mass is 1090 g/mol. The first-order chi connectivity index (χ1) is 34.7. The van der Waals surface area contributed by atoms with Crippen molar-refractivity contribution in [1.29, 1.82) is 0 Å². The van der Waals surface area contributed by atoms with Crippen molar-refractivity contribution in [3.8, 4) is 5.69 Å². The smallest absolute Gasteiger partial charge is 0.443 e. The Morgan fingerprint density at radius 2 is 1.22 bits per heavy atom. The van der Waals surface area contributed by atoms with Crippen LogP contribution in [0, 0.1) is 63.0 Å². The van der Waals surface area contributed by atoms with Crippen LogP contribution in [0.4, 0.5) is 41.6 Å². The van der Waals surface area contributed by atoms with Gasteiger partial charge in [0.1, 0.15) is 16.9 Å². The lowest BCUT2D eigenvalue weighted by Gasteiger charge is -2.36. The number of benzene rings is 3. The fraction of sp³-hybridized carbons (Fsp3) is 0.528. The summed E-state index contributed by atoms with van der Waals surface area (Å²) in [6.45, 7) is 23.2. The van der Waals surface area contributed by atoms with E-state index in [4.69, 9.17) is 37.0 Å². The van der Waals surface area contributed by atoms with Gasteiger partial charge in [-0.25, -0.2) is 56.5 Å². The number of halogens is 7. The number of Topliss-reactive ketones (excluding diaryl/α,β-unsaturated/α-hetero) is 1. The van der Waals surface area contributed by atoms with E-state index in [1.54, 1.807) is 53.3 Å². The van der Waals surface area contributed by atoms with Crippen LogP contribution in [-0.4, -0.2) is 85.1 Å². The van der Waals surface area contributed by atoms with Crippen molar-refractivity contribution in [2.45, 2.75) is 131 Å². The van der Waals surface area contributed by atoms with Gasteiger partial charge in [0.15, 0.2) is 40.7 Å². The quantitative estimate of drug-likeness (QED) is 0.0282. The summed E-state index contributed by atoms with van der Waals surface area (Å²) in [5.41, 5.74) is 1.73. The number of fused-ring (bicyclic) bond motifs is 7. The molecule has 1 aromatic heterocycles. The average Bonchev–Trinajstić information content (AvgIpc) is 3.90. The van der Waals surface area contributed by atoms with E-state index in [0.717, 1.165) is 71.2 Å². The highest BCUT2D eigenvalue weighted by molar-refractivity contribution is 6.65. The molecule has 3 saturated carbocycles. The molecule has 1 unspecified atom stereocenters. The fourth-order valence-electron chi connectivity index (χ4n) is 10.5. The number of hydrazine groups is 2. The minimum atomic E-state index is -1.97. The SMILES string of the molecule is CC1(C)[C@@H]2CC[C@@]1(C)C(=O)C2C(=O)Cl.CN(N)C(=O)OC(C)(C)C.CN(Nc1cccc(F)c1F)C(=O)OC(C)(C)C.Cn1c2c(c(=O)n1-c1cccc(F)c1F)[C@H]1CC[C@]2(C)C1(C)C.OB(O)c1cccc(F)c1F. The number of anilines is 1. The van der Waals surface area contributed by atoms with Crippen molar-refractivity contribution < 1.29 is 65.0 Å². The first-order valence-electron chi connectivity index (χ1n) is 24.4. The summed E-state index contributed by atoms with van der Waals surface area (Å²) in [4.78, 5) is 58.6. The Labute approximate surface area is 444 Å². The number of amides is 2.